The van der Waals surface area contributed by atoms with Gasteiger partial charge in [0.05, 0.1) is 6.10 Å². The van der Waals surface area contributed by atoms with Gasteiger partial charge in [-0.05, 0) is 43.5 Å². The zero-order valence-corrected chi connectivity index (χ0v) is 11.2. The van der Waals surface area contributed by atoms with Crippen LogP contribution in [0, 0.1) is 5.41 Å². The Kier molecular flexibility index (Phi) is 4.54. The lowest BCUT2D eigenvalue weighted by atomic mass is 9.81. The minimum Gasteiger partial charge on any atom is -0.491 e. The maximum absolute atomic E-state index is 6.21. The van der Waals surface area contributed by atoms with Crippen molar-refractivity contribution in [2.75, 3.05) is 6.54 Å². The lowest BCUT2D eigenvalue weighted by Crippen LogP contribution is -2.35. The number of hydrogen-bond acceptors (Lipinski definition) is 3. The zero-order valence-electron chi connectivity index (χ0n) is 11.2. The molecule has 3 heteroatoms. The molecule has 0 saturated heterocycles. The zero-order chi connectivity index (χ0) is 13.1. The van der Waals surface area contributed by atoms with Crippen molar-refractivity contribution in [2.24, 2.45) is 16.9 Å². The molecule has 0 heterocycles. The van der Waals surface area contributed by atoms with E-state index < -0.39 is 0 Å². The molecule has 0 spiro atoms. The van der Waals surface area contributed by atoms with Gasteiger partial charge in [0, 0.05) is 6.04 Å². The Labute approximate surface area is 104 Å². The minimum absolute atomic E-state index is 0.0550. The molecule has 0 radical (unpaired) electrons. The van der Waals surface area contributed by atoms with Gasteiger partial charge in [-0.25, -0.2) is 0 Å². The first-order valence-corrected chi connectivity index (χ1v) is 6.09. The molecule has 0 saturated carbocycles. The monoisotopic (exact) mass is 236 g/mol. The second-order valence-electron chi connectivity index (χ2n) is 5.41. The molecule has 0 aromatic heterocycles. The van der Waals surface area contributed by atoms with Crippen LogP contribution in [0.3, 0.4) is 0 Å². The second kappa shape index (κ2) is 5.52. The fourth-order valence-corrected chi connectivity index (χ4v) is 1.60. The number of ether oxygens (including phenoxy) is 1. The summed E-state index contributed by atoms with van der Waals surface area (Å²) in [5, 5.41) is 0. The van der Waals surface area contributed by atoms with E-state index in [1.807, 2.05) is 38.1 Å². The normalized spacial score (nSPS) is 13.8. The highest BCUT2D eigenvalue weighted by atomic mass is 16.5. The molecule has 0 aliphatic carbocycles. The van der Waals surface area contributed by atoms with Gasteiger partial charge in [0.1, 0.15) is 5.75 Å². The van der Waals surface area contributed by atoms with E-state index in [0.717, 1.165) is 11.3 Å². The first kappa shape index (κ1) is 14.0. The van der Waals surface area contributed by atoms with Crippen LogP contribution in [0.2, 0.25) is 0 Å². The molecule has 17 heavy (non-hydrogen) atoms. The second-order valence-corrected chi connectivity index (χ2v) is 5.41. The largest absolute Gasteiger partial charge is 0.491 e. The maximum Gasteiger partial charge on any atom is 0.119 e. The van der Waals surface area contributed by atoms with Crippen LogP contribution in [0.5, 0.6) is 5.75 Å². The molecule has 0 aliphatic rings. The van der Waals surface area contributed by atoms with Crippen molar-refractivity contribution >= 4 is 0 Å². The summed E-state index contributed by atoms with van der Waals surface area (Å²) in [4.78, 5) is 0. The lowest BCUT2D eigenvalue weighted by molar-refractivity contribution is 0.242. The number of hydrogen-bond donors (Lipinski definition) is 2. The van der Waals surface area contributed by atoms with Gasteiger partial charge in [-0.2, -0.15) is 0 Å². The predicted octanol–water partition coefficient (Wildman–Crippen LogP) is 2.46. The van der Waals surface area contributed by atoms with E-state index in [1.165, 1.54) is 0 Å². The molecule has 0 aliphatic heterocycles. The van der Waals surface area contributed by atoms with Gasteiger partial charge < -0.3 is 16.2 Å². The van der Waals surface area contributed by atoms with Crippen LogP contribution in [0.15, 0.2) is 24.3 Å². The van der Waals surface area contributed by atoms with Crippen LogP contribution in [-0.2, 0) is 0 Å². The van der Waals surface area contributed by atoms with E-state index in [0.29, 0.717) is 6.54 Å². The SMILES string of the molecule is CC(C)Oc1ccc(C(N)C(C)(C)CN)cc1. The average molecular weight is 236 g/mol. The fourth-order valence-electron chi connectivity index (χ4n) is 1.60. The fraction of sp³-hybridized carbons (Fsp3) is 0.571. The van der Waals surface area contributed by atoms with Crippen molar-refractivity contribution in [3.8, 4) is 5.75 Å². The molecule has 0 bridgehead atoms. The van der Waals surface area contributed by atoms with E-state index in [-0.39, 0.29) is 17.6 Å². The van der Waals surface area contributed by atoms with E-state index in [2.05, 4.69) is 13.8 Å². The summed E-state index contributed by atoms with van der Waals surface area (Å²) < 4.78 is 5.60. The Morgan fingerprint density at radius 1 is 1.18 bits per heavy atom. The van der Waals surface area contributed by atoms with Crippen LogP contribution < -0.4 is 16.2 Å². The van der Waals surface area contributed by atoms with Gasteiger partial charge in [-0.1, -0.05) is 26.0 Å². The standard InChI is InChI=1S/C14H24N2O/c1-10(2)17-12-7-5-11(6-8-12)13(16)14(3,4)9-15/h5-8,10,13H,9,15-16H2,1-4H3. The minimum atomic E-state index is -0.0968. The molecule has 96 valence electrons. The lowest BCUT2D eigenvalue weighted by Gasteiger charge is -2.30. The number of nitrogens with two attached hydrogens (primary N) is 2. The van der Waals surface area contributed by atoms with Gasteiger partial charge in [0.2, 0.25) is 0 Å². The van der Waals surface area contributed by atoms with Crippen LogP contribution in [0.4, 0.5) is 0 Å². The summed E-state index contributed by atoms with van der Waals surface area (Å²) in [5.74, 6) is 0.876. The number of benzene rings is 1. The van der Waals surface area contributed by atoms with Crippen molar-refractivity contribution in [1.29, 1.82) is 0 Å². The van der Waals surface area contributed by atoms with Crippen molar-refractivity contribution in [3.63, 3.8) is 0 Å². The highest BCUT2D eigenvalue weighted by Crippen LogP contribution is 2.30. The molecule has 1 aromatic carbocycles. The van der Waals surface area contributed by atoms with Crippen molar-refractivity contribution in [2.45, 2.75) is 39.8 Å². The van der Waals surface area contributed by atoms with Crippen molar-refractivity contribution < 1.29 is 4.74 Å². The van der Waals surface area contributed by atoms with Gasteiger partial charge in [-0.3, -0.25) is 0 Å². The van der Waals surface area contributed by atoms with Gasteiger partial charge in [0.25, 0.3) is 0 Å². The number of rotatable bonds is 5. The summed E-state index contributed by atoms with van der Waals surface area (Å²) in [6, 6.07) is 7.89. The van der Waals surface area contributed by atoms with E-state index in [1.54, 1.807) is 0 Å². The van der Waals surface area contributed by atoms with E-state index in [4.69, 9.17) is 16.2 Å². The molecule has 1 atom stereocenters. The van der Waals surface area contributed by atoms with Gasteiger partial charge >= 0.3 is 0 Å². The average Bonchev–Trinajstić information content (AvgIpc) is 2.28. The maximum atomic E-state index is 6.21. The molecule has 4 N–H and O–H groups in total. The molecule has 0 amide bonds. The third-order valence-corrected chi connectivity index (χ3v) is 2.98. The smallest absolute Gasteiger partial charge is 0.119 e. The third kappa shape index (κ3) is 3.72. The van der Waals surface area contributed by atoms with Crippen LogP contribution in [-0.4, -0.2) is 12.6 Å². The quantitative estimate of drug-likeness (QED) is 0.825. The van der Waals surface area contributed by atoms with Crippen LogP contribution in [0.1, 0.15) is 39.3 Å². The van der Waals surface area contributed by atoms with Crippen molar-refractivity contribution in [1.82, 2.24) is 0 Å². The molecular weight excluding hydrogens is 212 g/mol. The van der Waals surface area contributed by atoms with Crippen LogP contribution >= 0.6 is 0 Å². The molecule has 0 fully saturated rings. The first-order chi connectivity index (χ1) is 7.86. The summed E-state index contributed by atoms with van der Waals surface area (Å²) in [6.45, 7) is 8.75. The summed E-state index contributed by atoms with van der Waals surface area (Å²) in [6.07, 6.45) is 0.190. The summed E-state index contributed by atoms with van der Waals surface area (Å²) in [5.41, 5.74) is 12.9. The van der Waals surface area contributed by atoms with Crippen molar-refractivity contribution in [3.05, 3.63) is 29.8 Å². The van der Waals surface area contributed by atoms with Crippen LogP contribution in [0.25, 0.3) is 0 Å². The molecule has 1 aromatic rings. The highest BCUT2D eigenvalue weighted by Gasteiger charge is 2.25. The Balaban J connectivity index is 2.80. The third-order valence-electron chi connectivity index (χ3n) is 2.98. The highest BCUT2D eigenvalue weighted by molar-refractivity contribution is 5.30. The van der Waals surface area contributed by atoms with E-state index in [9.17, 15) is 0 Å². The Morgan fingerprint density at radius 3 is 2.12 bits per heavy atom. The summed E-state index contributed by atoms with van der Waals surface area (Å²) in [7, 11) is 0. The topological polar surface area (TPSA) is 61.3 Å². The predicted molar refractivity (Wildman–Crippen MR) is 72.0 cm³/mol. The molecule has 3 nitrogen and oxygen atoms in total. The Hall–Kier alpha value is -1.06. The van der Waals surface area contributed by atoms with E-state index >= 15 is 0 Å². The Morgan fingerprint density at radius 2 is 1.71 bits per heavy atom. The first-order valence-electron chi connectivity index (χ1n) is 6.09. The Bertz CT molecular complexity index is 344. The van der Waals surface area contributed by atoms with Gasteiger partial charge in [0.15, 0.2) is 0 Å². The molecule has 1 unspecified atom stereocenters. The summed E-state index contributed by atoms with van der Waals surface area (Å²) >= 11 is 0. The molecule has 1 rings (SSSR count). The van der Waals surface area contributed by atoms with Gasteiger partial charge in [-0.15, -0.1) is 0 Å². The molecular formula is C14H24N2O.